The minimum atomic E-state index is -4.11. The minimum absolute atomic E-state index is 0.256. The van der Waals surface area contributed by atoms with E-state index in [0.717, 1.165) is 16.6 Å². The number of pyridine rings is 1. The molecule has 0 aliphatic carbocycles. The number of aliphatic carboxylic acids is 1. The quantitative estimate of drug-likeness (QED) is 0.849. The lowest BCUT2D eigenvalue weighted by molar-refractivity contribution is -0.141. The molecule has 6 nitrogen and oxygen atoms in total. The van der Waals surface area contributed by atoms with Crippen LogP contribution in [0.5, 0.6) is 0 Å². The lowest BCUT2D eigenvalue weighted by Crippen LogP contribution is -2.34. The Balaban J connectivity index is 3.01. The zero-order chi connectivity index (χ0) is 13.9. The molecule has 1 aromatic rings. The lowest BCUT2D eigenvalue weighted by Gasteiger charge is -2.18. The van der Waals surface area contributed by atoms with E-state index >= 15 is 0 Å². The molecule has 1 rings (SSSR count). The second-order valence-electron chi connectivity index (χ2n) is 3.82. The maximum absolute atomic E-state index is 13.4. The van der Waals surface area contributed by atoms with Gasteiger partial charge in [-0.2, -0.15) is 4.31 Å². The number of aromatic nitrogens is 1. The van der Waals surface area contributed by atoms with Crippen molar-refractivity contribution in [1.29, 1.82) is 0 Å². The summed E-state index contributed by atoms with van der Waals surface area (Å²) in [6, 6.07) is 2.25. The van der Waals surface area contributed by atoms with E-state index in [1.807, 2.05) is 0 Å². The van der Waals surface area contributed by atoms with Crippen molar-refractivity contribution < 1.29 is 22.7 Å². The largest absolute Gasteiger partial charge is 0.481 e. The van der Waals surface area contributed by atoms with Crippen LogP contribution in [-0.2, 0) is 14.8 Å². The molecule has 0 spiro atoms. The van der Waals surface area contributed by atoms with Gasteiger partial charge in [-0.1, -0.05) is 6.92 Å². The van der Waals surface area contributed by atoms with Crippen molar-refractivity contribution in [1.82, 2.24) is 9.29 Å². The Labute approximate surface area is 104 Å². The molecule has 0 bridgehead atoms. The van der Waals surface area contributed by atoms with Crippen molar-refractivity contribution in [2.24, 2.45) is 5.92 Å². The van der Waals surface area contributed by atoms with Gasteiger partial charge >= 0.3 is 5.97 Å². The number of sulfonamides is 1. The molecule has 0 aromatic carbocycles. The van der Waals surface area contributed by atoms with E-state index in [2.05, 4.69) is 4.98 Å². The van der Waals surface area contributed by atoms with Crippen LogP contribution < -0.4 is 0 Å². The molecule has 0 saturated carbocycles. The van der Waals surface area contributed by atoms with Gasteiger partial charge in [0.2, 0.25) is 5.03 Å². The summed E-state index contributed by atoms with van der Waals surface area (Å²) >= 11 is 0. The van der Waals surface area contributed by atoms with Crippen molar-refractivity contribution in [3.8, 4) is 0 Å². The van der Waals surface area contributed by atoms with E-state index in [1.165, 1.54) is 20.0 Å². The van der Waals surface area contributed by atoms with Gasteiger partial charge in [-0.25, -0.2) is 17.8 Å². The molecule has 1 N–H and O–H groups in total. The van der Waals surface area contributed by atoms with E-state index in [-0.39, 0.29) is 6.54 Å². The van der Waals surface area contributed by atoms with Gasteiger partial charge in [0.15, 0.2) is 5.82 Å². The van der Waals surface area contributed by atoms with Gasteiger partial charge in [-0.15, -0.1) is 0 Å². The molecule has 1 atom stereocenters. The van der Waals surface area contributed by atoms with Gasteiger partial charge in [0.1, 0.15) is 0 Å². The highest BCUT2D eigenvalue weighted by molar-refractivity contribution is 7.89. The van der Waals surface area contributed by atoms with Crippen LogP contribution in [0.2, 0.25) is 0 Å². The predicted octanol–water partition coefficient (Wildman–Crippen LogP) is 0.562. The number of nitrogens with zero attached hydrogens (tertiary/aromatic N) is 2. The zero-order valence-electron chi connectivity index (χ0n) is 9.87. The molecule has 18 heavy (non-hydrogen) atoms. The zero-order valence-corrected chi connectivity index (χ0v) is 10.7. The number of carboxylic acids is 1. The molecule has 0 amide bonds. The fourth-order valence-electron chi connectivity index (χ4n) is 1.27. The summed E-state index contributed by atoms with van der Waals surface area (Å²) in [7, 11) is -2.93. The Bertz CT molecular complexity index is 547. The number of hydrogen-bond acceptors (Lipinski definition) is 4. The van der Waals surface area contributed by atoms with Crippen LogP contribution >= 0.6 is 0 Å². The Morgan fingerprint density at radius 2 is 2.22 bits per heavy atom. The highest BCUT2D eigenvalue weighted by Gasteiger charge is 2.28. The van der Waals surface area contributed by atoms with Crippen LogP contribution in [0.25, 0.3) is 0 Å². The summed E-state index contributed by atoms with van der Waals surface area (Å²) in [6.07, 6.45) is 1.16. The average molecular weight is 276 g/mol. The first-order chi connectivity index (χ1) is 8.26. The molecule has 0 radical (unpaired) electrons. The molecular weight excluding hydrogens is 263 g/mol. The molecule has 1 heterocycles. The van der Waals surface area contributed by atoms with E-state index in [4.69, 9.17) is 5.11 Å². The Hall–Kier alpha value is -1.54. The Kier molecular flexibility index (Phi) is 4.36. The average Bonchev–Trinajstić information content (AvgIpc) is 2.28. The van der Waals surface area contributed by atoms with Gasteiger partial charge in [-0.05, 0) is 12.1 Å². The fraction of sp³-hybridized carbons (Fsp3) is 0.400. The minimum Gasteiger partial charge on any atom is -0.481 e. The van der Waals surface area contributed by atoms with E-state index < -0.39 is 32.8 Å². The third-order valence-electron chi connectivity index (χ3n) is 2.33. The molecule has 0 aliphatic heterocycles. The fourth-order valence-corrected chi connectivity index (χ4v) is 2.49. The SMILES string of the molecule is CC(CN(C)S(=O)(=O)c1ncccc1F)C(=O)O. The summed E-state index contributed by atoms with van der Waals surface area (Å²) in [5.41, 5.74) is 0. The Morgan fingerprint density at radius 1 is 1.61 bits per heavy atom. The molecule has 100 valence electrons. The summed E-state index contributed by atoms with van der Waals surface area (Å²) in [6.45, 7) is 1.11. The summed E-state index contributed by atoms with van der Waals surface area (Å²) in [5.74, 6) is -2.98. The molecule has 1 aromatic heterocycles. The number of hydrogen-bond donors (Lipinski definition) is 1. The second kappa shape index (κ2) is 5.40. The van der Waals surface area contributed by atoms with Gasteiger partial charge in [0.05, 0.1) is 5.92 Å². The number of carboxylic acid groups (broad SMARTS) is 1. The molecule has 0 fully saturated rings. The first-order valence-corrected chi connectivity index (χ1v) is 6.50. The van der Waals surface area contributed by atoms with Crippen molar-refractivity contribution in [2.45, 2.75) is 11.9 Å². The van der Waals surface area contributed by atoms with Crippen LogP contribution in [0.1, 0.15) is 6.92 Å². The van der Waals surface area contributed by atoms with E-state index in [1.54, 1.807) is 0 Å². The summed E-state index contributed by atoms with van der Waals surface area (Å²) in [5, 5.41) is 8.01. The van der Waals surface area contributed by atoms with Crippen LogP contribution in [-0.4, -0.2) is 42.4 Å². The van der Waals surface area contributed by atoms with E-state index in [9.17, 15) is 17.6 Å². The van der Waals surface area contributed by atoms with Crippen molar-refractivity contribution in [2.75, 3.05) is 13.6 Å². The normalized spacial score (nSPS) is 13.6. The third-order valence-corrected chi connectivity index (χ3v) is 4.09. The summed E-state index contributed by atoms with van der Waals surface area (Å²) < 4.78 is 38.0. The smallest absolute Gasteiger partial charge is 0.307 e. The molecule has 1 unspecified atom stereocenters. The topological polar surface area (TPSA) is 87.6 Å². The lowest BCUT2D eigenvalue weighted by atomic mass is 10.2. The second-order valence-corrected chi connectivity index (χ2v) is 5.78. The standard InChI is InChI=1S/C10H13FN2O4S/c1-7(10(14)15)6-13(2)18(16,17)9-8(11)4-3-5-12-9/h3-5,7H,6H2,1-2H3,(H,14,15). The van der Waals surface area contributed by atoms with Crippen LogP contribution in [0.15, 0.2) is 23.4 Å². The van der Waals surface area contributed by atoms with Crippen molar-refractivity contribution in [3.63, 3.8) is 0 Å². The van der Waals surface area contributed by atoms with E-state index in [0.29, 0.717) is 0 Å². The predicted molar refractivity (Wildman–Crippen MR) is 60.8 cm³/mol. The van der Waals surface area contributed by atoms with Gasteiger partial charge in [-0.3, -0.25) is 4.79 Å². The molecule has 0 saturated heterocycles. The number of rotatable bonds is 5. The first kappa shape index (κ1) is 14.5. The van der Waals surface area contributed by atoms with Crippen molar-refractivity contribution >= 4 is 16.0 Å². The van der Waals surface area contributed by atoms with Gasteiger partial charge in [0.25, 0.3) is 10.0 Å². The number of halogens is 1. The molecule has 8 heteroatoms. The van der Waals surface area contributed by atoms with Crippen LogP contribution in [0, 0.1) is 11.7 Å². The van der Waals surface area contributed by atoms with Crippen LogP contribution in [0.3, 0.4) is 0 Å². The van der Waals surface area contributed by atoms with Crippen molar-refractivity contribution in [3.05, 3.63) is 24.1 Å². The molecular formula is C10H13FN2O4S. The summed E-state index contributed by atoms with van der Waals surface area (Å²) in [4.78, 5) is 14.1. The first-order valence-electron chi connectivity index (χ1n) is 5.06. The Morgan fingerprint density at radius 3 is 2.72 bits per heavy atom. The highest BCUT2D eigenvalue weighted by atomic mass is 32.2. The monoisotopic (exact) mass is 276 g/mol. The van der Waals surface area contributed by atoms with Crippen LogP contribution in [0.4, 0.5) is 4.39 Å². The molecule has 0 aliphatic rings. The number of carbonyl (C=O) groups is 1. The van der Waals surface area contributed by atoms with Gasteiger partial charge < -0.3 is 5.11 Å². The third kappa shape index (κ3) is 3.02. The maximum atomic E-state index is 13.4. The maximum Gasteiger partial charge on any atom is 0.307 e. The highest BCUT2D eigenvalue weighted by Crippen LogP contribution is 2.16. The van der Waals surface area contributed by atoms with Gasteiger partial charge in [0, 0.05) is 19.8 Å².